The number of amides is 1. The summed E-state index contributed by atoms with van der Waals surface area (Å²) in [5.41, 5.74) is 0.791. The number of aliphatic hydroxyl groups excluding tert-OH is 1. The van der Waals surface area contributed by atoms with Crippen LogP contribution in [0, 0.1) is 0 Å². The van der Waals surface area contributed by atoms with E-state index >= 15 is 0 Å². The minimum atomic E-state index is -0.206. The first-order valence-electron chi connectivity index (χ1n) is 8.30. The Morgan fingerprint density at radius 2 is 2.35 bits per heavy atom. The minimum absolute atomic E-state index is 0.0913. The predicted octanol–water partition coefficient (Wildman–Crippen LogP) is 0.752. The molecule has 1 aromatic heterocycles. The number of nitrogens with zero attached hydrogens (tertiary/aromatic N) is 2. The Hall–Kier alpha value is -1.44. The molecule has 3 atom stereocenters. The van der Waals surface area contributed by atoms with Crippen molar-refractivity contribution in [2.75, 3.05) is 26.3 Å². The summed E-state index contributed by atoms with van der Waals surface area (Å²) in [7, 11) is 0. The largest absolute Gasteiger partial charge is 0.396 e. The third-order valence-corrected chi connectivity index (χ3v) is 4.62. The molecule has 2 N–H and O–H groups in total. The van der Waals surface area contributed by atoms with E-state index < -0.39 is 0 Å². The summed E-state index contributed by atoms with van der Waals surface area (Å²) in [5, 5.41) is 16.0. The third kappa shape index (κ3) is 3.73. The van der Waals surface area contributed by atoms with Gasteiger partial charge in [0.2, 0.25) is 5.76 Å². The van der Waals surface area contributed by atoms with Crippen molar-refractivity contribution in [3.05, 3.63) is 17.5 Å². The lowest BCUT2D eigenvalue weighted by Gasteiger charge is -2.34. The zero-order chi connectivity index (χ0) is 16.4. The van der Waals surface area contributed by atoms with Gasteiger partial charge in [-0.05, 0) is 18.8 Å². The van der Waals surface area contributed by atoms with Gasteiger partial charge in [0.25, 0.3) is 5.91 Å². The van der Waals surface area contributed by atoms with Gasteiger partial charge in [0.05, 0.1) is 18.4 Å². The van der Waals surface area contributed by atoms with Gasteiger partial charge in [-0.3, -0.25) is 9.69 Å². The topological polar surface area (TPSA) is 87.8 Å². The number of ether oxygens (including phenoxy) is 1. The van der Waals surface area contributed by atoms with Crippen molar-refractivity contribution in [1.82, 2.24) is 15.4 Å². The van der Waals surface area contributed by atoms with Crippen LogP contribution in [0.3, 0.4) is 0 Å². The molecule has 128 valence electrons. The van der Waals surface area contributed by atoms with Crippen molar-refractivity contribution >= 4 is 5.91 Å². The second kappa shape index (κ2) is 6.98. The van der Waals surface area contributed by atoms with E-state index in [1.807, 2.05) is 13.8 Å². The van der Waals surface area contributed by atoms with Crippen LogP contribution in [-0.2, 0) is 4.74 Å². The molecule has 2 aliphatic heterocycles. The molecule has 0 radical (unpaired) electrons. The number of hydrogen-bond donors (Lipinski definition) is 2. The van der Waals surface area contributed by atoms with Gasteiger partial charge in [-0.25, -0.2) is 0 Å². The van der Waals surface area contributed by atoms with Gasteiger partial charge in [-0.1, -0.05) is 19.0 Å². The quantitative estimate of drug-likeness (QED) is 0.831. The number of carbonyl (C=O) groups excluding carboxylic acids is 1. The van der Waals surface area contributed by atoms with Crippen LogP contribution in [0.5, 0.6) is 0 Å². The number of fused-ring (bicyclic) bond motifs is 1. The lowest BCUT2D eigenvalue weighted by atomic mass is 10.1. The average Bonchev–Trinajstić information content (AvgIpc) is 3.13. The molecule has 0 saturated carbocycles. The van der Waals surface area contributed by atoms with Gasteiger partial charge >= 0.3 is 0 Å². The van der Waals surface area contributed by atoms with Crippen LogP contribution in [0.1, 0.15) is 48.9 Å². The van der Waals surface area contributed by atoms with E-state index in [-0.39, 0.29) is 36.3 Å². The molecular weight excluding hydrogens is 298 g/mol. The molecule has 0 unspecified atom stereocenters. The number of morpholine rings is 1. The Morgan fingerprint density at radius 3 is 3.04 bits per heavy atom. The maximum absolute atomic E-state index is 12.3. The van der Waals surface area contributed by atoms with E-state index in [0.29, 0.717) is 19.1 Å². The molecule has 7 nitrogen and oxygen atoms in total. The summed E-state index contributed by atoms with van der Waals surface area (Å²) in [4.78, 5) is 14.6. The highest BCUT2D eigenvalue weighted by Gasteiger charge is 2.38. The fraction of sp³-hybridized carbons (Fsp3) is 0.750. The fourth-order valence-corrected chi connectivity index (χ4v) is 3.29. The number of nitrogens with one attached hydrogen (secondary N) is 1. The molecule has 23 heavy (non-hydrogen) atoms. The van der Waals surface area contributed by atoms with Crippen LogP contribution in [0.25, 0.3) is 0 Å². The van der Waals surface area contributed by atoms with Crippen molar-refractivity contribution in [2.45, 2.75) is 50.8 Å². The third-order valence-electron chi connectivity index (χ3n) is 4.62. The van der Waals surface area contributed by atoms with Gasteiger partial charge in [0.1, 0.15) is 0 Å². The lowest BCUT2D eigenvalue weighted by molar-refractivity contribution is -0.0566. The predicted molar refractivity (Wildman–Crippen MR) is 83.3 cm³/mol. The van der Waals surface area contributed by atoms with E-state index in [1.165, 1.54) is 0 Å². The Morgan fingerprint density at radius 1 is 1.52 bits per heavy atom. The van der Waals surface area contributed by atoms with Crippen LogP contribution in [0.4, 0.5) is 0 Å². The van der Waals surface area contributed by atoms with Crippen LogP contribution >= 0.6 is 0 Å². The van der Waals surface area contributed by atoms with Crippen LogP contribution < -0.4 is 5.32 Å². The summed E-state index contributed by atoms with van der Waals surface area (Å²) in [5.74, 6) is 0.302. The summed E-state index contributed by atoms with van der Waals surface area (Å²) in [6.07, 6.45) is 1.63. The van der Waals surface area contributed by atoms with Crippen LogP contribution in [0.15, 0.2) is 10.6 Å². The first-order valence-corrected chi connectivity index (χ1v) is 8.30. The Balaban J connectivity index is 1.54. The smallest absolute Gasteiger partial charge is 0.290 e. The van der Waals surface area contributed by atoms with Crippen molar-refractivity contribution in [3.63, 3.8) is 0 Å². The number of hydrogen-bond acceptors (Lipinski definition) is 6. The minimum Gasteiger partial charge on any atom is -0.396 e. The molecule has 0 spiro atoms. The highest BCUT2D eigenvalue weighted by molar-refractivity contribution is 5.91. The van der Waals surface area contributed by atoms with Gasteiger partial charge in [-0.2, -0.15) is 0 Å². The highest BCUT2D eigenvalue weighted by Crippen LogP contribution is 2.24. The molecule has 2 saturated heterocycles. The summed E-state index contributed by atoms with van der Waals surface area (Å²) >= 11 is 0. The summed E-state index contributed by atoms with van der Waals surface area (Å²) in [6.45, 7) is 6.46. The van der Waals surface area contributed by atoms with Gasteiger partial charge in [0.15, 0.2) is 0 Å². The molecule has 0 aliphatic carbocycles. The average molecular weight is 323 g/mol. The fourth-order valence-electron chi connectivity index (χ4n) is 3.29. The number of carbonyl (C=O) groups is 1. The Kier molecular flexibility index (Phi) is 4.99. The Bertz CT molecular complexity index is 545. The zero-order valence-corrected chi connectivity index (χ0v) is 13.7. The van der Waals surface area contributed by atoms with E-state index in [4.69, 9.17) is 14.4 Å². The molecule has 1 aromatic rings. The van der Waals surface area contributed by atoms with E-state index in [9.17, 15) is 4.79 Å². The summed E-state index contributed by atoms with van der Waals surface area (Å²) in [6, 6.07) is 2.15. The first-order chi connectivity index (χ1) is 11.1. The van der Waals surface area contributed by atoms with E-state index in [2.05, 4.69) is 15.4 Å². The standard InChI is InChI=1S/C16H25N3O4/c1-10(2)14-6-15(23-18-14)16(21)17-11-5-12-9-22-13(3-4-20)8-19(12)7-11/h6,10-13,20H,3-5,7-9H2,1-2H3,(H,17,21)/t11-,12-,13-/m0/s1. The van der Waals surface area contributed by atoms with E-state index in [1.54, 1.807) is 6.07 Å². The maximum Gasteiger partial charge on any atom is 0.290 e. The number of aromatic nitrogens is 1. The summed E-state index contributed by atoms with van der Waals surface area (Å²) < 4.78 is 10.9. The first kappa shape index (κ1) is 16.4. The molecular formula is C16H25N3O4. The zero-order valence-electron chi connectivity index (χ0n) is 13.7. The van der Waals surface area contributed by atoms with Gasteiger partial charge in [0, 0.05) is 37.8 Å². The van der Waals surface area contributed by atoms with Gasteiger partial charge in [-0.15, -0.1) is 0 Å². The van der Waals surface area contributed by atoms with Crippen molar-refractivity contribution in [2.24, 2.45) is 0 Å². The molecule has 2 fully saturated rings. The SMILES string of the molecule is CC(C)c1cc(C(=O)N[C@H]2C[C@H]3CO[C@@H](CCO)CN3C2)on1. The normalized spacial score (nSPS) is 28.1. The Labute approximate surface area is 136 Å². The van der Waals surface area contributed by atoms with E-state index in [0.717, 1.165) is 25.2 Å². The van der Waals surface area contributed by atoms with Crippen LogP contribution in [0.2, 0.25) is 0 Å². The molecule has 0 bridgehead atoms. The highest BCUT2D eigenvalue weighted by atomic mass is 16.5. The van der Waals surface area contributed by atoms with Gasteiger partial charge < -0.3 is 19.7 Å². The maximum atomic E-state index is 12.3. The van der Waals surface area contributed by atoms with Crippen molar-refractivity contribution in [3.8, 4) is 0 Å². The van der Waals surface area contributed by atoms with Crippen LogP contribution in [-0.4, -0.2) is 65.6 Å². The molecule has 2 aliphatic rings. The second-order valence-electron chi connectivity index (χ2n) is 6.75. The molecule has 3 rings (SSSR count). The van der Waals surface area contributed by atoms with Crippen molar-refractivity contribution < 1.29 is 19.2 Å². The molecule has 0 aromatic carbocycles. The number of rotatable bonds is 5. The molecule has 7 heteroatoms. The molecule has 1 amide bonds. The second-order valence-corrected chi connectivity index (χ2v) is 6.75. The number of aliphatic hydroxyl groups is 1. The monoisotopic (exact) mass is 323 g/mol. The van der Waals surface area contributed by atoms with Crippen molar-refractivity contribution in [1.29, 1.82) is 0 Å². The molecule has 3 heterocycles. The lowest BCUT2D eigenvalue weighted by Crippen LogP contribution is -2.46.